The smallest absolute Gasteiger partial charge is 0.347 e. The van der Waals surface area contributed by atoms with Crippen molar-refractivity contribution in [3.05, 3.63) is 38.8 Å². The summed E-state index contributed by atoms with van der Waals surface area (Å²) in [5, 5.41) is 12.7. The number of ether oxygens (including phenoxy) is 1. The number of nitrogens with zero attached hydrogens (tertiary/aromatic N) is 1. The van der Waals surface area contributed by atoms with E-state index in [9.17, 15) is 9.59 Å². The number of amides is 1. The third-order valence-electron chi connectivity index (χ3n) is 3.19. The molecule has 8 heteroatoms. The number of methoxy groups -OCH3 is 1. The van der Waals surface area contributed by atoms with Crippen LogP contribution in [0.5, 0.6) is 5.75 Å². The summed E-state index contributed by atoms with van der Waals surface area (Å²) < 4.78 is 5.18. The van der Waals surface area contributed by atoms with E-state index in [2.05, 4.69) is 10.3 Å². The number of halogens is 1. The Kier molecular flexibility index (Phi) is 5.23. The van der Waals surface area contributed by atoms with Gasteiger partial charge in [-0.05, 0) is 32.0 Å². The van der Waals surface area contributed by atoms with Gasteiger partial charge in [0.2, 0.25) is 5.91 Å². The molecule has 0 bridgehead atoms. The molecule has 2 N–H and O–H groups in total. The molecule has 1 aromatic heterocycles. The van der Waals surface area contributed by atoms with E-state index in [-0.39, 0.29) is 10.8 Å². The first kappa shape index (κ1) is 17.2. The predicted molar refractivity (Wildman–Crippen MR) is 88.9 cm³/mol. The summed E-state index contributed by atoms with van der Waals surface area (Å²) in [4.78, 5) is 27.8. The normalized spacial score (nSPS) is 11.8. The lowest BCUT2D eigenvalue weighted by Crippen LogP contribution is -2.19. The molecular formula is C15H15ClN2O4S. The first-order valence-corrected chi connectivity index (χ1v) is 7.88. The molecule has 1 amide bonds. The van der Waals surface area contributed by atoms with Gasteiger partial charge in [0.05, 0.1) is 24.4 Å². The Hall–Kier alpha value is -2.12. The van der Waals surface area contributed by atoms with E-state index >= 15 is 0 Å². The molecule has 1 aromatic carbocycles. The Morgan fingerprint density at radius 2 is 2.13 bits per heavy atom. The molecule has 23 heavy (non-hydrogen) atoms. The number of carboxylic acid groups (broad SMARTS) is 1. The van der Waals surface area contributed by atoms with Crippen molar-refractivity contribution >= 4 is 40.5 Å². The second-order valence-electron chi connectivity index (χ2n) is 4.83. The number of thiazole rings is 1. The van der Waals surface area contributed by atoms with Crippen LogP contribution in [0.4, 0.5) is 5.69 Å². The van der Waals surface area contributed by atoms with Gasteiger partial charge in [-0.25, -0.2) is 9.78 Å². The van der Waals surface area contributed by atoms with Crippen LogP contribution in [0.25, 0.3) is 0 Å². The molecule has 2 rings (SSSR count). The van der Waals surface area contributed by atoms with Gasteiger partial charge in [0.1, 0.15) is 15.6 Å². The lowest BCUT2D eigenvalue weighted by atomic mass is 10.1. The van der Waals surface area contributed by atoms with Crippen LogP contribution in [-0.2, 0) is 4.79 Å². The van der Waals surface area contributed by atoms with Crippen LogP contribution < -0.4 is 10.1 Å². The monoisotopic (exact) mass is 354 g/mol. The standard InChI is InChI=1S/C15H15ClN2O4S/c1-7(14-17-8(2)12(23-14)15(20)21)13(19)18-10-6-9(16)4-5-11(10)22-3/h4-7H,1-3H3,(H,18,19)(H,20,21)/t7-/m1/s1. The summed E-state index contributed by atoms with van der Waals surface area (Å²) in [5.41, 5.74) is 0.848. The quantitative estimate of drug-likeness (QED) is 0.857. The number of aryl methyl sites for hydroxylation is 1. The number of rotatable bonds is 5. The number of carbonyl (C=O) groups is 2. The fourth-order valence-electron chi connectivity index (χ4n) is 1.93. The summed E-state index contributed by atoms with van der Waals surface area (Å²) in [7, 11) is 1.49. The van der Waals surface area contributed by atoms with Gasteiger partial charge < -0.3 is 15.2 Å². The van der Waals surface area contributed by atoms with Crippen molar-refractivity contribution in [3.63, 3.8) is 0 Å². The molecule has 2 aromatic rings. The Labute approximate surface area is 142 Å². The van der Waals surface area contributed by atoms with Crippen LogP contribution in [0.1, 0.15) is 33.2 Å². The van der Waals surface area contributed by atoms with Crippen LogP contribution in [0.2, 0.25) is 5.02 Å². The van der Waals surface area contributed by atoms with Crippen molar-refractivity contribution in [2.24, 2.45) is 0 Å². The number of nitrogens with one attached hydrogen (secondary N) is 1. The van der Waals surface area contributed by atoms with Crippen LogP contribution in [0.15, 0.2) is 18.2 Å². The number of aromatic nitrogens is 1. The molecule has 0 fully saturated rings. The van der Waals surface area contributed by atoms with E-state index in [1.54, 1.807) is 32.0 Å². The third-order valence-corrected chi connectivity index (χ3v) is 4.75. The van der Waals surface area contributed by atoms with Gasteiger partial charge in [-0.1, -0.05) is 11.6 Å². The zero-order chi connectivity index (χ0) is 17.1. The lowest BCUT2D eigenvalue weighted by Gasteiger charge is -2.13. The highest BCUT2D eigenvalue weighted by Gasteiger charge is 2.23. The fourth-order valence-corrected chi connectivity index (χ4v) is 3.06. The number of aromatic carboxylic acids is 1. The summed E-state index contributed by atoms with van der Waals surface area (Å²) in [6.07, 6.45) is 0. The van der Waals surface area contributed by atoms with Gasteiger partial charge in [-0.15, -0.1) is 11.3 Å². The Morgan fingerprint density at radius 3 is 2.70 bits per heavy atom. The van der Waals surface area contributed by atoms with Crippen LogP contribution in [0, 0.1) is 6.92 Å². The average molecular weight is 355 g/mol. The van der Waals surface area contributed by atoms with E-state index in [1.165, 1.54) is 7.11 Å². The minimum Gasteiger partial charge on any atom is -0.495 e. The van der Waals surface area contributed by atoms with Crippen molar-refractivity contribution in [3.8, 4) is 5.75 Å². The number of hydrogen-bond acceptors (Lipinski definition) is 5. The molecule has 0 spiro atoms. The third kappa shape index (κ3) is 3.80. The SMILES string of the molecule is COc1ccc(Cl)cc1NC(=O)[C@@H](C)c1nc(C)c(C(=O)O)s1. The highest BCUT2D eigenvalue weighted by molar-refractivity contribution is 7.13. The molecule has 0 aliphatic heterocycles. The van der Waals surface area contributed by atoms with Gasteiger partial charge in [0.15, 0.2) is 0 Å². The van der Waals surface area contributed by atoms with Gasteiger partial charge in [-0.3, -0.25) is 4.79 Å². The number of hydrogen-bond donors (Lipinski definition) is 2. The first-order valence-electron chi connectivity index (χ1n) is 6.68. The maximum Gasteiger partial charge on any atom is 0.347 e. The van der Waals surface area contributed by atoms with Crippen molar-refractivity contribution < 1.29 is 19.4 Å². The van der Waals surface area contributed by atoms with Crippen molar-refractivity contribution in [2.75, 3.05) is 12.4 Å². The zero-order valence-corrected chi connectivity index (χ0v) is 14.3. The van der Waals surface area contributed by atoms with Gasteiger partial charge in [-0.2, -0.15) is 0 Å². The molecule has 6 nitrogen and oxygen atoms in total. The largest absolute Gasteiger partial charge is 0.495 e. The fraction of sp³-hybridized carbons (Fsp3) is 0.267. The predicted octanol–water partition coefficient (Wildman–Crippen LogP) is 3.55. The van der Waals surface area contributed by atoms with E-state index in [1.807, 2.05) is 0 Å². The summed E-state index contributed by atoms with van der Waals surface area (Å²) >= 11 is 6.93. The van der Waals surface area contributed by atoms with Gasteiger partial charge >= 0.3 is 5.97 Å². The first-order chi connectivity index (χ1) is 10.8. The van der Waals surface area contributed by atoms with Gasteiger partial charge in [0, 0.05) is 5.02 Å². The number of benzene rings is 1. The highest BCUT2D eigenvalue weighted by Crippen LogP contribution is 2.30. The maximum atomic E-state index is 12.4. The molecule has 0 saturated carbocycles. The van der Waals surface area contributed by atoms with E-state index in [4.69, 9.17) is 21.4 Å². The molecule has 0 unspecified atom stereocenters. The van der Waals surface area contributed by atoms with Crippen LogP contribution >= 0.6 is 22.9 Å². The number of carbonyl (C=O) groups excluding carboxylic acids is 1. The number of carboxylic acids is 1. The summed E-state index contributed by atoms with van der Waals surface area (Å²) in [6.45, 7) is 3.27. The molecule has 0 aliphatic carbocycles. The Bertz CT molecular complexity index is 760. The zero-order valence-electron chi connectivity index (χ0n) is 12.7. The molecule has 0 aliphatic rings. The second kappa shape index (κ2) is 6.97. The Balaban J connectivity index is 2.22. The van der Waals surface area contributed by atoms with Crippen LogP contribution in [0.3, 0.4) is 0 Å². The molecule has 0 saturated heterocycles. The van der Waals surface area contributed by atoms with E-state index < -0.39 is 11.9 Å². The second-order valence-corrected chi connectivity index (χ2v) is 6.29. The average Bonchev–Trinajstić information content (AvgIpc) is 2.88. The molecule has 0 radical (unpaired) electrons. The van der Waals surface area contributed by atoms with Gasteiger partial charge in [0.25, 0.3) is 0 Å². The van der Waals surface area contributed by atoms with E-state index in [0.717, 1.165) is 11.3 Å². The van der Waals surface area contributed by atoms with Crippen molar-refractivity contribution in [1.82, 2.24) is 4.98 Å². The molecular weight excluding hydrogens is 340 g/mol. The topological polar surface area (TPSA) is 88.5 Å². The summed E-state index contributed by atoms with van der Waals surface area (Å²) in [5.74, 6) is -1.49. The van der Waals surface area contributed by atoms with Crippen molar-refractivity contribution in [2.45, 2.75) is 19.8 Å². The van der Waals surface area contributed by atoms with E-state index in [0.29, 0.717) is 27.2 Å². The minimum absolute atomic E-state index is 0.139. The maximum absolute atomic E-state index is 12.4. The minimum atomic E-state index is -1.05. The molecule has 1 atom stereocenters. The summed E-state index contributed by atoms with van der Waals surface area (Å²) in [6, 6.07) is 4.89. The molecule has 1 heterocycles. The Morgan fingerprint density at radius 1 is 1.43 bits per heavy atom. The molecule has 122 valence electrons. The highest BCUT2D eigenvalue weighted by atomic mass is 35.5. The number of anilines is 1. The van der Waals surface area contributed by atoms with Crippen molar-refractivity contribution in [1.29, 1.82) is 0 Å². The van der Waals surface area contributed by atoms with Crippen LogP contribution in [-0.4, -0.2) is 29.1 Å². The lowest BCUT2D eigenvalue weighted by molar-refractivity contribution is -0.117.